The number of benzene rings is 3. The van der Waals surface area contributed by atoms with Crippen LogP contribution in [0.25, 0.3) is 22.2 Å². The van der Waals surface area contributed by atoms with Crippen LogP contribution in [0.15, 0.2) is 76.8 Å². The first-order valence-electron chi connectivity index (χ1n) is 14.9. The van der Waals surface area contributed by atoms with Crippen molar-refractivity contribution in [1.82, 2.24) is 4.98 Å². The zero-order valence-corrected chi connectivity index (χ0v) is 27.5. The number of rotatable bonds is 7. The largest absolute Gasteiger partial charge is 0.497 e. The fourth-order valence-corrected chi connectivity index (χ4v) is 7.83. The van der Waals surface area contributed by atoms with Crippen LogP contribution in [0.5, 0.6) is 5.75 Å². The monoisotopic (exact) mass is 698 g/mol. The summed E-state index contributed by atoms with van der Waals surface area (Å²) in [5.74, 6) is -1.06. The SMILES string of the molecule is COc1ccc(C(=O)COC(=O)c2cc(-c3ccc(N4C(=O)C5C6C=C(C)C(C6)C5C4=O)cc3)nc3c(C)c(Cl)c(Br)cc23)cc1. The van der Waals surface area contributed by atoms with E-state index < -0.39 is 12.6 Å². The Morgan fingerprint density at radius 2 is 1.70 bits per heavy atom. The number of aryl methyl sites for hydroxylation is 1. The number of fused-ring (bicyclic) bond motifs is 6. The van der Waals surface area contributed by atoms with Crippen LogP contribution in [0.2, 0.25) is 5.02 Å². The van der Waals surface area contributed by atoms with Crippen molar-refractivity contribution in [3.05, 3.63) is 98.5 Å². The fraction of sp³-hybridized carbons (Fsp3) is 0.250. The molecule has 1 saturated heterocycles. The van der Waals surface area contributed by atoms with Gasteiger partial charge in [-0.15, -0.1) is 0 Å². The molecule has 7 rings (SSSR count). The van der Waals surface area contributed by atoms with E-state index in [0.717, 1.165) is 6.42 Å². The Morgan fingerprint density at radius 1 is 1.00 bits per heavy atom. The van der Waals surface area contributed by atoms with Gasteiger partial charge in [0.2, 0.25) is 11.8 Å². The van der Waals surface area contributed by atoms with Gasteiger partial charge in [0.05, 0.1) is 46.4 Å². The summed E-state index contributed by atoms with van der Waals surface area (Å²) in [5, 5.41) is 0.964. The summed E-state index contributed by atoms with van der Waals surface area (Å²) in [7, 11) is 1.54. The number of ketones is 1. The van der Waals surface area contributed by atoms with Crippen LogP contribution < -0.4 is 9.64 Å². The second-order valence-electron chi connectivity index (χ2n) is 12.0. The molecule has 2 fully saturated rings. The van der Waals surface area contributed by atoms with Crippen molar-refractivity contribution in [2.75, 3.05) is 18.6 Å². The number of halogens is 2. The number of aromatic nitrogens is 1. The minimum absolute atomic E-state index is 0.123. The molecule has 1 aromatic heterocycles. The Morgan fingerprint density at radius 3 is 2.39 bits per heavy atom. The second-order valence-corrected chi connectivity index (χ2v) is 13.2. The lowest BCUT2D eigenvalue weighted by atomic mass is 9.82. The molecule has 46 heavy (non-hydrogen) atoms. The average molecular weight is 700 g/mol. The third kappa shape index (κ3) is 4.84. The predicted octanol–water partition coefficient (Wildman–Crippen LogP) is 7.38. The molecule has 4 aromatic rings. The van der Waals surface area contributed by atoms with Crippen molar-refractivity contribution in [3.63, 3.8) is 0 Å². The lowest BCUT2D eigenvalue weighted by molar-refractivity contribution is -0.123. The molecule has 3 aromatic carbocycles. The van der Waals surface area contributed by atoms with Gasteiger partial charge in [-0.3, -0.25) is 19.3 Å². The van der Waals surface area contributed by atoms with Gasteiger partial charge in [0.1, 0.15) is 5.75 Å². The summed E-state index contributed by atoms with van der Waals surface area (Å²) in [4.78, 5) is 59.3. The number of ether oxygens (including phenoxy) is 2. The number of esters is 1. The van der Waals surface area contributed by atoms with Crippen LogP contribution >= 0.6 is 27.5 Å². The number of Topliss-reactive ketones (excluding diaryl/α,β-unsaturated/α-hetero) is 1. The number of anilines is 1. The molecule has 10 heteroatoms. The second kappa shape index (κ2) is 11.5. The molecule has 0 N–H and O–H groups in total. The molecule has 8 nitrogen and oxygen atoms in total. The Bertz CT molecular complexity index is 2010. The molecule has 2 bridgehead atoms. The quantitative estimate of drug-likeness (QED) is 0.0859. The highest BCUT2D eigenvalue weighted by Crippen LogP contribution is 2.56. The van der Waals surface area contributed by atoms with E-state index in [1.807, 2.05) is 13.8 Å². The Hall–Kier alpha value is -4.34. The zero-order valence-electron chi connectivity index (χ0n) is 25.2. The number of nitrogens with zero attached hydrogens (tertiary/aromatic N) is 2. The van der Waals surface area contributed by atoms with E-state index in [0.29, 0.717) is 54.2 Å². The summed E-state index contributed by atoms with van der Waals surface area (Å²) in [6, 6.07) is 16.9. The summed E-state index contributed by atoms with van der Waals surface area (Å²) in [6.45, 7) is 3.40. The Balaban J connectivity index is 1.19. The van der Waals surface area contributed by atoms with E-state index >= 15 is 0 Å². The van der Waals surface area contributed by atoms with Gasteiger partial charge < -0.3 is 9.47 Å². The zero-order chi connectivity index (χ0) is 32.4. The third-order valence-corrected chi connectivity index (χ3v) is 10.8. The summed E-state index contributed by atoms with van der Waals surface area (Å²) in [6.07, 6.45) is 3.03. The van der Waals surface area contributed by atoms with Crippen LogP contribution in [-0.2, 0) is 14.3 Å². The summed E-state index contributed by atoms with van der Waals surface area (Å²) in [5.41, 5.74) is 4.58. The standard InChI is InChI=1S/C36H28BrClN2O6/c1-17-12-21-13-24(17)31-30(21)34(42)40(35(31)43)22-8-4-19(5-9-22)28-15-26(25-14-27(37)32(38)18(2)33(25)39-28)36(44)46-16-29(41)20-6-10-23(45-3)11-7-20/h4-12,14-15,21,24,30-31H,13,16H2,1-3H3. The number of pyridine rings is 1. The molecule has 0 radical (unpaired) electrons. The maximum Gasteiger partial charge on any atom is 0.339 e. The number of methoxy groups -OCH3 is 1. The van der Waals surface area contributed by atoms with E-state index in [-0.39, 0.29) is 46.8 Å². The maximum absolute atomic E-state index is 13.5. The van der Waals surface area contributed by atoms with Crippen molar-refractivity contribution in [3.8, 4) is 17.0 Å². The van der Waals surface area contributed by atoms with Crippen LogP contribution in [0.3, 0.4) is 0 Å². The highest BCUT2D eigenvalue weighted by Gasteiger charge is 2.60. The number of allylic oxidation sites excluding steroid dienone is 2. The number of carbonyl (C=O) groups is 4. The van der Waals surface area contributed by atoms with Gasteiger partial charge in [0, 0.05) is 21.0 Å². The number of carbonyl (C=O) groups excluding carboxylic acids is 4. The first-order chi connectivity index (χ1) is 22.1. The first-order valence-corrected chi connectivity index (χ1v) is 16.0. The van der Waals surface area contributed by atoms with Crippen molar-refractivity contribution in [2.24, 2.45) is 23.7 Å². The average Bonchev–Trinajstić information content (AvgIpc) is 3.71. The first kappa shape index (κ1) is 30.3. The van der Waals surface area contributed by atoms with Crippen molar-refractivity contribution in [1.29, 1.82) is 0 Å². The van der Waals surface area contributed by atoms with E-state index in [2.05, 4.69) is 22.0 Å². The van der Waals surface area contributed by atoms with Crippen molar-refractivity contribution < 1.29 is 28.7 Å². The van der Waals surface area contributed by atoms with Crippen LogP contribution in [0.1, 0.15) is 39.6 Å². The highest BCUT2D eigenvalue weighted by atomic mass is 79.9. The van der Waals surface area contributed by atoms with Crippen molar-refractivity contribution in [2.45, 2.75) is 20.3 Å². The molecular weight excluding hydrogens is 672 g/mol. The number of hydrogen-bond acceptors (Lipinski definition) is 7. The molecule has 1 aliphatic heterocycles. The Kier molecular flexibility index (Phi) is 7.56. The smallest absolute Gasteiger partial charge is 0.339 e. The molecule has 2 amide bonds. The lowest BCUT2D eigenvalue weighted by Crippen LogP contribution is -2.32. The minimum Gasteiger partial charge on any atom is -0.497 e. The van der Waals surface area contributed by atoms with Gasteiger partial charge in [-0.25, -0.2) is 9.78 Å². The molecule has 4 unspecified atom stereocenters. The predicted molar refractivity (Wildman–Crippen MR) is 177 cm³/mol. The molecule has 2 aliphatic carbocycles. The molecular formula is C36H28BrClN2O6. The highest BCUT2D eigenvalue weighted by molar-refractivity contribution is 9.10. The molecule has 3 aliphatic rings. The number of hydrogen-bond donors (Lipinski definition) is 0. The van der Waals surface area contributed by atoms with Crippen LogP contribution in [0.4, 0.5) is 5.69 Å². The van der Waals surface area contributed by atoms with Gasteiger partial charge >= 0.3 is 5.97 Å². The van der Waals surface area contributed by atoms with E-state index in [9.17, 15) is 19.2 Å². The summed E-state index contributed by atoms with van der Waals surface area (Å²) < 4.78 is 11.2. The lowest BCUT2D eigenvalue weighted by Gasteiger charge is -2.19. The minimum atomic E-state index is -0.695. The van der Waals surface area contributed by atoms with E-state index in [4.69, 9.17) is 26.1 Å². The molecule has 1 saturated carbocycles. The van der Waals surface area contributed by atoms with E-state index in [1.165, 1.54) is 17.6 Å². The normalized spacial score (nSPS) is 21.5. The van der Waals surface area contributed by atoms with Crippen LogP contribution in [-0.4, -0.2) is 42.3 Å². The molecule has 0 spiro atoms. The number of imide groups is 1. The van der Waals surface area contributed by atoms with Gasteiger partial charge in [-0.2, -0.15) is 0 Å². The van der Waals surface area contributed by atoms with Gasteiger partial charge in [0.15, 0.2) is 12.4 Å². The molecule has 232 valence electrons. The number of amides is 2. The molecule has 4 atom stereocenters. The van der Waals surface area contributed by atoms with Gasteiger partial charge in [-0.1, -0.05) is 35.4 Å². The molecule has 2 heterocycles. The van der Waals surface area contributed by atoms with Crippen LogP contribution in [0, 0.1) is 30.6 Å². The Labute approximate surface area is 278 Å². The van der Waals surface area contributed by atoms with Gasteiger partial charge in [-0.05, 0) is 102 Å². The van der Waals surface area contributed by atoms with Gasteiger partial charge in [0.25, 0.3) is 0 Å². The topological polar surface area (TPSA) is 103 Å². The third-order valence-electron chi connectivity index (χ3n) is 9.49. The summed E-state index contributed by atoms with van der Waals surface area (Å²) >= 11 is 10.0. The van der Waals surface area contributed by atoms with E-state index in [1.54, 1.807) is 60.7 Å². The maximum atomic E-state index is 13.5. The fourth-order valence-electron chi connectivity index (χ4n) is 7.16. The van der Waals surface area contributed by atoms with Crippen molar-refractivity contribution >= 4 is 67.7 Å².